The molecule has 0 saturated heterocycles. The van der Waals surface area contributed by atoms with Gasteiger partial charge < -0.3 is 9.47 Å². The lowest BCUT2D eigenvalue weighted by Gasteiger charge is -2.07. The third kappa shape index (κ3) is 11.9. The molecular weight excluding hydrogens is 324 g/mol. The number of benzene rings is 1. The molecule has 0 radical (unpaired) electrons. The van der Waals surface area contributed by atoms with E-state index < -0.39 is 0 Å². The van der Waals surface area contributed by atoms with Gasteiger partial charge in [-0.3, -0.25) is 4.79 Å². The molecule has 1 rings (SSSR count). The van der Waals surface area contributed by atoms with Crippen LogP contribution in [0.1, 0.15) is 97.3 Å². The van der Waals surface area contributed by atoms with Crippen molar-refractivity contribution in [2.75, 3.05) is 6.61 Å². The molecule has 1 aromatic carbocycles. The highest BCUT2D eigenvalue weighted by molar-refractivity contribution is 5.71. The zero-order valence-electron chi connectivity index (χ0n) is 16.9. The van der Waals surface area contributed by atoms with Crippen molar-refractivity contribution < 1.29 is 14.3 Å². The lowest BCUT2D eigenvalue weighted by atomic mass is 10.1. The summed E-state index contributed by atoms with van der Waals surface area (Å²) in [5.74, 6) is 1.20. The van der Waals surface area contributed by atoms with E-state index in [0.717, 1.165) is 18.8 Å². The first-order valence-corrected chi connectivity index (χ1v) is 10.7. The molecule has 3 nitrogen and oxygen atoms in total. The van der Waals surface area contributed by atoms with Gasteiger partial charge in [0, 0.05) is 6.42 Å². The highest BCUT2D eigenvalue weighted by atomic mass is 16.5. The van der Waals surface area contributed by atoms with Crippen LogP contribution < -0.4 is 9.47 Å². The summed E-state index contributed by atoms with van der Waals surface area (Å²) < 4.78 is 10.9. The minimum absolute atomic E-state index is 0.213. The zero-order valence-corrected chi connectivity index (χ0v) is 16.9. The topological polar surface area (TPSA) is 35.5 Å². The Balaban J connectivity index is 1.92. The van der Waals surface area contributed by atoms with Crippen LogP contribution in [0.4, 0.5) is 0 Å². The maximum atomic E-state index is 11.2. The molecule has 148 valence electrons. The second kappa shape index (κ2) is 15.7. The molecule has 0 heterocycles. The van der Waals surface area contributed by atoms with Gasteiger partial charge in [0.05, 0.1) is 6.61 Å². The van der Waals surface area contributed by atoms with Crippen molar-refractivity contribution in [2.24, 2.45) is 0 Å². The first-order valence-electron chi connectivity index (χ1n) is 10.7. The van der Waals surface area contributed by atoms with Crippen LogP contribution in [0.3, 0.4) is 0 Å². The molecule has 0 atom stereocenters. The van der Waals surface area contributed by atoms with E-state index in [-0.39, 0.29) is 5.97 Å². The first kappa shape index (κ1) is 22.5. The molecule has 0 aliphatic carbocycles. The summed E-state index contributed by atoms with van der Waals surface area (Å²) in [6.07, 6.45) is 16.6. The molecule has 0 aliphatic rings. The van der Waals surface area contributed by atoms with E-state index in [2.05, 4.69) is 6.92 Å². The van der Waals surface area contributed by atoms with Gasteiger partial charge in [-0.2, -0.15) is 0 Å². The summed E-state index contributed by atoms with van der Waals surface area (Å²) >= 11 is 0. The molecule has 0 unspecified atom stereocenters. The maximum absolute atomic E-state index is 11.2. The number of ether oxygens (including phenoxy) is 2. The predicted octanol–water partition coefficient (Wildman–Crippen LogP) is 7.08. The Hall–Kier alpha value is -1.51. The summed E-state index contributed by atoms with van der Waals surface area (Å²) in [7, 11) is 0. The molecule has 0 spiro atoms. The zero-order chi connectivity index (χ0) is 18.9. The van der Waals surface area contributed by atoms with Crippen molar-refractivity contribution >= 4 is 5.97 Å². The fraction of sp³-hybridized carbons (Fsp3) is 0.696. The van der Waals surface area contributed by atoms with Gasteiger partial charge >= 0.3 is 5.97 Å². The Kier molecular flexibility index (Phi) is 13.6. The van der Waals surface area contributed by atoms with Gasteiger partial charge in [0.25, 0.3) is 0 Å². The number of carbonyl (C=O) groups excluding carboxylic acids is 1. The van der Waals surface area contributed by atoms with Crippen molar-refractivity contribution in [1.82, 2.24) is 0 Å². The Morgan fingerprint density at radius 3 is 1.65 bits per heavy atom. The largest absolute Gasteiger partial charge is 0.494 e. The third-order valence-electron chi connectivity index (χ3n) is 4.61. The number of hydrogen-bond donors (Lipinski definition) is 0. The Morgan fingerprint density at radius 2 is 1.15 bits per heavy atom. The fourth-order valence-electron chi connectivity index (χ4n) is 2.94. The van der Waals surface area contributed by atoms with Gasteiger partial charge in [-0.15, -0.1) is 0 Å². The molecule has 0 bridgehead atoms. The molecule has 0 amide bonds. The van der Waals surface area contributed by atoms with Crippen molar-refractivity contribution in [2.45, 2.75) is 97.3 Å². The Labute approximate surface area is 160 Å². The number of esters is 1. The highest BCUT2D eigenvalue weighted by Crippen LogP contribution is 2.18. The van der Waals surface area contributed by atoms with Crippen LogP contribution in [-0.4, -0.2) is 12.6 Å². The van der Waals surface area contributed by atoms with E-state index in [1.165, 1.54) is 70.6 Å². The Morgan fingerprint density at radius 1 is 0.692 bits per heavy atom. The average Bonchev–Trinajstić information content (AvgIpc) is 2.66. The Bertz CT molecular complexity index is 453. The summed E-state index contributed by atoms with van der Waals surface area (Å²) in [4.78, 5) is 11.2. The van der Waals surface area contributed by atoms with Crippen molar-refractivity contribution in [1.29, 1.82) is 0 Å². The van der Waals surface area contributed by atoms with Gasteiger partial charge in [0.1, 0.15) is 11.5 Å². The van der Waals surface area contributed by atoms with Crippen LogP contribution in [0.25, 0.3) is 0 Å². The van der Waals surface area contributed by atoms with Gasteiger partial charge in [-0.1, -0.05) is 84.5 Å². The number of carbonyl (C=O) groups is 1. The van der Waals surface area contributed by atoms with Crippen molar-refractivity contribution in [3.8, 4) is 11.5 Å². The molecule has 26 heavy (non-hydrogen) atoms. The number of unbranched alkanes of at least 4 members (excludes halogenated alkanes) is 11. The van der Waals surface area contributed by atoms with Gasteiger partial charge in [0.15, 0.2) is 0 Å². The second-order valence-corrected chi connectivity index (χ2v) is 7.04. The summed E-state index contributed by atoms with van der Waals surface area (Å²) in [5.41, 5.74) is 0. The molecule has 0 fully saturated rings. The van der Waals surface area contributed by atoms with Crippen LogP contribution in [0.2, 0.25) is 0 Å². The van der Waals surface area contributed by atoms with Gasteiger partial charge in [-0.25, -0.2) is 0 Å². The third-order valence-corrected chi connectivity index (χ3v) is 4.61. The summed E-state index contributed by atoms with van der Waals surface area (Å²) in [6.45, 7) is 4.81. The summed E-state index contributed by atoms with van der Waals surface area (Å²) in [5, 5.41) is 0. The minimum Gasteiger partial charge on any atom is -0.494 e. The minimum atomic E-state index is -0.213. The lowest BCUT2D eigenvalue weighted by Crippen LogP contribution is -2.05. The van der Waals surface area contributed by atoms with E-state index in [0.29, 0.717) is 12.2 Å². The highest BCUT2D eigenvalue weighted by Gasteiger charge is 2.02. The van der Waals surface area contributed by atoms with E-state index >= 15 is 0 Å². The fourth-order valence-corrected chi connectivity index (χ4v) is 2.94. The molecule has 3 heteroatoms. The van der Waals surface area contributed by atoms with Crippen LogP contribution in [0.5, 0.6) is 11.5 Å². The smallest absolute Gasteiger partial charge is 0.310 e. The van der Waals surface area contributed by atoms with Crippen LogP contribution >= 0.6 is 0 Å². The average molecular weight is 363 g/mol. The lowest BCUT2D eigenvalue weighted by molar-refractivity contribution is -0.134. The molecule has 0 aromatic heterocycles. The van der Waals surface area contributed by atoms with E-state index in [1.807, 2.05) is 12.1 Å². The van der Waals surface area contributed by atoms with Crippen LogP contribution in [0.15, 0.2) is 24.3 Å². The second-order valence-electron chi connectivity index (χ2n) is 7.04. The van der Waals surface area contributed by atoms with Crippen molar-refractivity contribution in [3.63, 3.8) is 0 Å². The predicted molar refractivity (Wildman–Crippen MR) is 109 cm³/mol. The van der Waals surface area contributed by atoms with E-state index in [1.54, 1.807) is 19.1 Å². The molecule has 0 aliphatic heterocycles. The molecular formula is C23H38O3. The van der Waals surface area contributed by atoms with E-state index in [4.69, 9.17) is 9.47 Å². The summed E-state index contributed by atoms with van der Waals surface area (Å²) in [6, 6.07) is 7.29. The van der Waals surface area contributed by atoms with Crippen LogP contribution in [-0.2, 0) is 4.79 Å². The first-order chi connectivity index (χ1) is 12.8. The maximum Gasteiger partial charge on any atom is 0.310 e. The van der Waals surface area contributed by atoms with Crippen molar-refractivity contribution in [3.05, 3.63) is 24.3 Å². The number of rotatable bonds is 16. The standard InChI is InChI=1S/C23H38O3/c1-3-5-6-7-8-9-10-11-12-13-14-15-20-25-21-16-18-22(19-17-21)26-23(24)4-2/h16-19H,3-15,20H2,1-2H3. The van der Waals surface area contributed by atoms with Gasteiger partial charge in [0.2, 0.25) is 0 Å². The van der Waals surface area contributed by atoms with E-state index in [9.17, 15) is 4.79 Å². The quantitative estimate of drug-likeness (QED) is 0.179. The molecule has 0 N–H and O–H groups in total. The number of hydrogen-bond acceptors (Lipinski definition) is 3. The molecule has 0 saturated carbocycles. The normalized spacial score (nSPS) is 10.7. The monoisotopic (exact) mass is 362 g/mol. The SMILES string of the molecule is CCCCCCCCCCCCCCOc1ccc(OC(=O)CC)cc1. The van der Waals surface area contributed by atoms with Gasteiger partial charge in [-0.05, 0) is 30.7 Å². The molecule has 1 aromatic rings. The van der Waals surface area contributed by atoms with Crippen LogP contribution in [0, 0.1) is 0 Å².